The standard InChI is InChI=1S/C19H23N3O5S2/c1-13-8-9-14(21-19(28)20-11-10-18(23)27-3)12-17(13)29(24,25)22-15-6-4-5-7-16(15)26-2/h4-9,12,22H,10-11H2,1-3H3,(H2,20,21,28). The van der Waals surface area contributed by atoms with Gasteiger partial charge < -0.3 is 20.1 Å². The van der Waals surface area contributed by atoms with Crippen molar-refractivity contribution in [2.24, 2.45) is 0 Å². The molecule has 2 aromatic rings. The number of hydrogen-bond donors (Lipinski definition) is 3. The molecule has 0 saturated carbocycles. The van der Waals surface area contributed by atoms with Crippen LogP contribution < -0.4 is 20.1 Å². The highest BCUT2D eigenvalue weighted by molar-refractivity contribution is 7.92. The van der Waals surface area contributed by atoms with Crippen LogP contribution >= 0.6 is 12.2 Å². The Balaban J connectivity index is 2.15. The van der Waals surface area contributed by atoms with Gasteiger partial charge in [-0.25, -0.2) is 8.42 Å². The number of hydrogen-bond acceptors (Lipinski definition) is 6. The number of nitrogens with one attached hydrogen (secondary N) is 3. The molecule has 0 heterocycles. The smallest absolute Gasteiger partial charge is 0.307 e. The van der Waals surface area contributed by atoms with Crippen LogP contribution in [0.2, 0.25) is 0 Å². The molecule has 0 amide bonds. The highest BCUT2D eigenvalue weighted by atomic mass is 32.2. The Morgan fingerprint density at radius 1 is 1.14 bits per heavy atom. The van der Waals surface area contributed by atoms with Gasteiger partial charge in [0.05, 0.1) is 31.2 Å². The summed E-state index contributed by atoms with van der Waals surface area (Å²) in [6.45, 7) is 2.00. The second-order valence-electron chi connectivity index (χ2n) is 5.99. The molecule has 0 aromatic heterocycles. The number of aryl methyl sites for hydroxylation is 1. The van der Waals surface area contributed by atoms with Gasteiger partial charge in [0, 0.05) is 12.2 Å². The molecule has 0 spiro atoms. The van der Waals surface area contributed by atoms with Crippen molar-refractivity contribution in [1.82, 2.24) is 5.32 Å². The van der Waals surface area contributed by atoms with E-state index in [-0.39, 0.29) is 22.4 Å². The summed E-state index contributed by atoms with van der Waals surface area (Å²) < 4.78 is 38.1. The molecular weight excluding hydrogens is 414 g/mol. The lowest BCUT2D eigenvalue weighted by molar-refractivity contribution is -0.140. The fraction of sp³-hybridized carbons (Fsp3) is 0.263. The van der Waals surface area contributed by atoms with Crippen LogP contribution in [0, 0.1) is 6.92 Å². The zero-order chi connectivity index (χ0) is 21.4. The number of ether oxygens (including phenoxy) is 2. The summed E-state index contributed by atoms with van der Waals surface area (Å²) in [4.78, 5) is 11.2. The number of para-hydroxylation sites is 2. The summed E-state index contributed by atoms with van der Waals surface area (Å²) >= 11 is 5.18. The summed E-state index contributed by atoms with van der Waals surface area (Å²) in [5.41, 5.74) is 1.40. The molecule has 29 heavy (non-hydrogen) atoms. The molecular formula is C19H23N3O5S2. The van der Waals surface area contributed by atoms with E-state index >= 15 is 0 Å². The minimum absolute atomic E-state index is 0.103. The first-order chi connectivity index (χ1) is 13.8. The number of sulfonamides is 1. The van der Waals surface area contributed by atoms with Crippen molar-refractivity contribution in [2.45, 2.75) is 18.2 Å². The van der Waals surface area contributed by atoms with Crippen LogP contribution in [0.15, 0.2) is 47.4 Å². The van der Waals surface area contributed by atoms with Crippen molar-refractivity contribution >= 4 is 44.7 Å². The number of benzene rings is 2. The van der Waals surface area contributed by atoms with Crippen LogP contribution in [0.5, 0.6) is 5.75 Å². The quantitative estimate of drug-likeness (QED) is 0.428. The third-order valence-electron chi connectivity index (χ3n) is 3.93. The minimum Gasteiger partial charge on any atom is -0.495 e. The van der Waals surface area contributed by atoms with Gasteiger partial charge in [-0.1, -0.05) is 18.2 Å². The van der Waals surface area contributed by atoms with Crippen molar-refractivity contribution in [3.8, 4) is 5.75 Å². The number of thiocarbonyl (C=S) groups is 1. The normalized spacial score (nSPS) is 10.7. The molecule has 156 valence electrons. The average Bonchev–Trinajstić information content (AvgIpc) is 2.69. The van der Waals surface area contributed by atoms with Crippen LogP contribution in [0.1, 0.15) is 12.0 Å². The van der Waals surface area contributed by atoms with Crippen LogP contribution in [0.3, 0.4) is 0 Å². The molecule has 0 aliphatic heterocycles. The first-order valence-electron chi connectivity index (χ1n) is 8.65. The molecule has 0 saturated heterocycles. The molecule has 10 heteroatoms. The maximum atomic E-state index is 12.9. The molecule has 0 aliphatic rings. The zero-order valence-corrected chi connectivity index (χ0v) is 17.9. The van der Waals surface area contributed by atoms with Crippen molar-refractivity contribution in [3.05, 3.63) is 48.0 Å². The van der Waals surface area contributed by atoms with Gasteiger partial charge in [-0.2, -0.15) is 0 Å². The van der Waals surface area contributed by atoms with Gasteiger partial charge >= 0.3 is 5.97 Å². The topological polar surface area (TPSA) is 106 Å². The molecule has 0 atom stereocenters. The molecule has 0 unspecified atom stereocenters. The Morgan fingerprint density at radius 2 is 1.86 bits per heavy atom. The average molecular weight is 438 g/mol. The largest absolute Gasteiger partial charge is 0.495 e. The lowest BCUT2D eigenvalue weighted by Gasteiger charge is -2.15. The van der Waals surface area contributed by atoms with Gasteiger partial charge in [-0.15, -0.1) is 0 Å². The molecule has 2 rings (SSSR count). The first-order valence-corrected chi connectivity index (χ1v) is 10.5. The maximum absolute atomic E-state index is 12.9. The number of esters is 1. The number of methoxy groups -OCH3 is 2. The van der Waals surface area contributed by atoms with Gasteiger partial charge in [0.2, 0.25) is 0 Å². The van der Waals surface area contributed by atoms with Gasteiger partial charge in [0.25, 0.3) is 10.0 Å². The SMILES string of the molecule is COC(=O)CCNC(=S)Nc1ccc(C)c(S(=O)(=O)Nc2ccccc2OC)c1. The van der Waals surface area contributed by atoms with Crippen molar-refractivity contribution in [2.75, 3.05) is 30.8 Å². The van der Waals surface area contributed by atoms with Crippen molar-refractivity contribution in [1.29, 1.82) is 0 Å². The highest BCUT2D eigenvalue weighted by Gasteiger charge is 2.19. The Morgan fingerprint density at radius 3 is 2.55 bits per heavy atom. The summed E-state index contributed by atoms with van der Waals surface area (Å²) in [6.07, 6.45) is 0.161. The number of carbonyl (C=O) groups is 1. The van der Waals surface area contributed by atoms with Crippen LogP contribution in [-0.2, 0) is 19.6 Å². The van der Waals surface area contributed by atoms with E-state index in [2.05, 4.69) is 20.1 Å². The Hall–Kier alpha value is -2.85. The van der Waals surface area contributed by atoms with Crippen LogP contribution in [0.25, 0.3) is 0 Å². The summed E-state index contributed by atoms with van der Waals surface area (Å²) in [5, 5.41) is 6.04. The third kappa shape index (κ3) is 6.33. The lowest BCUT2D eigenvalue weighted by Crippen LogP contribution is -2.30. The van der Waals surface area contributed by atoms with Crippen LogP contribution in [0.4, 0.5) is 11.4 Å². The van der Waals surface area contributed by atoms with Gasteiger partial charge in [0.15, 0.2) is 5.11 Å². The summed E-state index contributed by atoms with van der Waals surface area (Å²) in [5.74, 6) is 0.0606. The Labute approximate surface area is 175 Å². The number of carbonyl (C=O) groups excluding carboxylic acids is 1. The highest BCUT2D eigenvalue weighted by Crippen LogP contribution is 2.28. The number of anilines is 2. The third-order valence-corrected chi connectivity index (χ3v) is 5.68. The lowest BCUT2D eigenvalue weighted by atomic mass is 10.2. The molecule has 2 aromatic carbocycles. The summed E-state index contributed by atoms with van der Waals surface area (Å²) in [6, 6.07) is 11.6. The Kier molecular flexibility index (Phi) is 7.80. The van der Waals surface area contributed by atoms with E-state index in [1.54, 1.807) is 43.3 Å². The molecule has 0 fully saturated rings. The zero-order valence-electron chi connectivity index (χ0n) is 16.3. The van der Waals surface area contributed by atoms with E-state index in [4.69, 9.17) is 17.0 Å². The van der Waals surface area contributed by atoms with Crippen molar-refractivity contribution < 1.29 is 22.7 Å². The second-order valence-corrected chi connectivity index (χ2v) is 8.05. The minimum atomic E-state index is -3.86. The number of rotatable bonds is 8. The first kappa shape index (κ1) is 22.4. The summed E-state index contributed by atoms with van der Waals surface area (Å²) in [7, 11) is -1.08. The van der Waals surface area contributed by atoms with Gasteiger partial charge in [-0.05, 0) is 49.0 Å². The van der Waals surface area contributed by atoms with Crippen LogP contribution in [-0.4, -0.2) is 40.3 Å². The van der Waals surface area contributed by atoms with E-state index in [1.807, 2.05) is 0 Å². The van der Waals surface area contributed by atoms with Crippen molar-refractivity contribution in [3.63, 3.8) is 0 Å². The molecule has 0 radical (unpaired) electrons. The molecule has 8 nitrogen and oxygen atoms in total. The van der Waals surface area contributed by atoms with E-state index in [1.165, 1.54) is 20.3 Å². The monoisotopic (exact) mass is 437 g/mol. The van der Waals surface area contributed by atoms with E-state index in [9.17, 15) is 13.2 Å². The van der Waals surface area contributed by atoms with E-state index in [0.717, 1.165) is 0 Å². The maximum Gasteiger partial charge on any atom is 0.307 e. The predicted octanol–water partition coefficient (Wildman–Crippen LogP) is 2.65. The molecule has 3 N–H and O–H groups in total. The van der Waals surface area contributed by atoms with Gasteiger partial charge in [-0.3, -0.25) is 9.52 Å². The fourth-order valence-corrected chi connectivity index (χ4v) is 4.01. The van der Waals surface area contributed by atoms with Gasteiger partial charge in [0.1, 0.15) is 5.75 Å². The molecule has 0 bridgehead atoms. The fourth-order valence-electron chi connectivity index (χ4n) is 2.45. The second kappa shape index (κ2) is 10.1. The van der Waals surface area contributed by atoms with E-state index < -0.39 is 10.0 Å². The Bertz CT molecular complexity index is 993. The molecule has 0 aliphatic carbocycles. The predicted molar refractivity (Wildman–Crippen MR) is 116 cm³/mol. The van der Waals surface area contributed by atoms with E-state index in [0.29, 0.717) is 29.2 Å².